The molecule has 2 heterocycles. The number of rotatable bonds is 3. The van der Waals surface area contributed by atoms with Gasteiger partial charge in [0.05, 0.1) is 0 Å². The quantitative estimate of drug-likeness (QED) is 0.364. The molecule has 1 N–H and O–H groups in total. The SMILES string of the molecule is CC(C)(C)c1c(Sc2ccccc2)n2[nH]c3ccccc3[n+]2c1-c1ccccc1. The summed E-state index contributed by atoms with van der Waals surface area (Å²) < 4.78 is 4.54. The zero-order valence-electron chi connectivity index (χ0n) is 16.9. The van der Waals surface area contributed by atoms with E-state index >= 15 is 0 Å². The molecule has 0 atom stereocenters. The maximum absolute atomic E-state index is 3.63. The molecule has 3 aromatic carbocycles. The molecule has 0 aliphatic heterocycles. The van der Waals surface area contributed by atoms with E-state index in [1.165, 1.54) is 32.3 Å². The summed E-state index contributed by atoms with van der Waals surface area (Å²) in [5.74, 6) is 0. The lowest BCUT2D eigenvalue weighted by Crippen LogP contribution is -2.28. The monoisotopic (exact) mass is 398 g/mol. The first-order valence-corrected chi connectivity index (χ1v) is 10.7. The Morgan fingerprint density at radius 3 is 2.10 bits per heavy atom. The van der Waals surface area contributed by atoms with Gasteiger partial charge in [-0.05, 0) is 34.3 Å². The van der Waals surface area contributed by atoms with Gasteiger partial charge in [-0.3, -0.25) is 0 Å². The molecule has 0 saturated carbocycles. The molecular weight excluding hydrogens is 374 g/mol. The highest BCUT2D eigenvalue weighted by atomic mass is 32.2. The van der Waals surface area contributed by atoms with Gasteiger partial charge in [0.25, 0.3) is 0 Å². The molecule has 0 unspecified atom stereocenters. The number of hydrogen-bond donors (Lipinski definition) is 1. The number of aromatic amines is 1. The van der Waals surface area contributed by atoms with Gasteiger partial charge < -0.3 is 0 Å². The number of nitrogens with zero attached hydrogens (tertiary/aromatic N) is 2. The predicted octanol–water partition coefficient (Wildman–Crippen LogP) is 6.12. The third-order valence-electron chi connectivity index (χ3n) is 5.17. The molecule has 3 nitrogen and oxygen atoms in total. The first-order valence-electron chi connectivity index (χ1n) is 9.90. The van der Waals surface area contributed by atoms with Crippen molar-refractivity contribution in [1.82, 2.24) is 9.73 Å². The second-order valence-electron chi connectivity index (χ2n) is 8.31. The number of aromatic nitrogens is 3. The van der Waals surface area contributed by atoms with Crippen molar-refractivity contribution in [3.05, 3.63) is 90.5 Å². The fraction of sp³-hybridized carbons (Fsp3) is 0.160. The molecule has 29 heavy (non-hydrogen) atoms. The van der Waals surface area contributed by atoms with Gasteiger partial charge in [-0.25, -0.2) is 0 Å². The number of nitrogens with one attached hydrogen (secondary N) is 1. The maximum Gasteiger partial charge on any atom is 0.202 e. The van der Waals surface area contributed by atoms with Gasteiger partial charge in [0.1, 0.15) is 0 Å². The van der Waals surface area contributed by atoms with Crippen LogP contribution in [0.15, 0.2) is 94.9 Å². The summed E-state index contributed by atoms with van der Waals surface area (Å²) in [5, 5.41) is 4.85. The third-order valence-corrected chi connectivity index (χ3v) is 6.25. The van der Waals surface area contributed by atoms with Crippen molar-refractivity contribution in [1.29, 1.82) is 0 Å². The average Bonchev–Trinajstić information content (AvgIpc) is 3.24. The van der Waals surface area contributed by atoms with Crippen LogP contribution in [0, 0.1) is 0 Å². The smallest absolute Gasteiger partial charge is 0.164 e. The standard InChI is InChI=1S/C25H24N3S/c1-25(2,3)22-23(18-12-6-4-7-13-18)27-21-17-11-10-16-20(21)26-28(27)24(22)29-19-14-8-5-9-15-19/h4-17,26H,1-3H3/q+1. The highest BCUT2D eigenvalue weighted by Crippen LogP contribution is 2.41. The van der Waals surface area contributed by atoms with Crippen LogP contribution in [0.25, 0.3) is 22.3 Å². The van der Waals surface area contributed by atoms with Crippen LogP contribution in [0.1, 0.15) is 26.3 Å². The van der Waals surface area contributed by atoms with Crippen molar-refractivity contribution in [2.24, 2.45) is 0 Å². The van der Waals surface area contributed by atoms with Crippen molar-refractivity contribution in [2.45, 2.75) is 36.1 Å². The minimum atomic E-state index is -0.0246. The Kier molecular flexibility index (Phi) is 4.25. The van der Waals surface area contributed by atoms with Crippen molar-refractivity contribution < 1.29 is 4.52 Å². The lowest BCUT2D eigenvalue weighted by Gasteiger charge is -2.19. The fourth-order valence-corrected chi connectivity index (χ4v) is 5.17. The largest absolute Gasteiger partial charge is 0.202 e. The number of fused-ring (bicyclic) bond motifs is 3. The highest BCUT2D eigenvalue weighted by Gasteiger charge is 2.35. The van der Waals surface area contributed by atoms with Gasteiger partial charge in [0.2, 0.25) is 5.52 Å². The summed E-state index contributed by atoms with van der Waals surface area (Å²) in [5.41, 5.74) is 6.10. The number of benzene rings is 3. The van der Waals surface area contributed by atoms with E-state index in [1.54, 1.807) is 0 Å². The van der Waals surface area contributed by atoms with E-state index in [1.807, 2.05) is 11.8 Å². The lowest BCUT2D eigenvalue weighted by molar-refractivity contribution is -0.585. The molecule has 0 aliphatic rings. The minimum absolute atomic E-state index is 0.0246. The Hall–Kier alpha value is -2.98. The van der Waals surface area contributed by atoms with Gasteiger partial charge in [-0.2, -0.15) is 5.10 Å². The molecule has 0 saturated heterocycles. The van der Waals surface area contributed by atoms with Crippen LogP contribution in [-0.2, 0) is 5.41 Å². The van der Waals surface area contributed by atoms with E-state index in [0.717, 1.165) is 5.52 Å². The Morgan fingerprint density at radius 2 is 1.41 bits per heavy atom. The average molecular weight is 399 g/mol. The Balaban J connectivity index is 1.92. The number of H-pyrrole nitrogens is 1. The maximum atomic E-state index is 3.63. The van der Waals surface area contributed by atoms with Crippen molar-refractivity contribution >= 4 is 22.8 Å². The second kappa shape index (κ2) is 6.82. The van der Waals surface area contributed by atoms with Gasteiger partial charge in [0.15, 0.2) is 16.2 Å². The fourth-order valence-electron chi connectivity index (χ4n) is 3.93. The van der Waals surface area contributed by atoms with E-state index in [9.17, 15) is 0 Å². The molecule has 0 radical (unpaired) electrons. The number of hydrogen-bond acceptors (Lipinski definition) is 1. The summed E-state index contributed by atoms with van der Waals surface area (Å²) in [6.07, 6.45) is 0. The zero-order valence-corrected chi connectivity index (χ0v) is 17.7. The summed E-state index contributed by atoms with van der Waals surface area (Å²) >= 11 is 1.81. The van der Waals surface area contributed by atoms with Crippen LogP contribution < -0.4 is 4.52 Å². The van der Waals surface area contributed by atoms with Crippen molar-refractivity contribution in [3.63, 3.8) is 0 Å². The molecule has 2 aromatic heterocycles. The Bertz CT molecular complexity index is 1290. The summed E-state index contributed by atoms with van der Waals surface area (Å²) in [7, 11) is 0. The van der Waals surface area contributed by atoms with Gasteiger partial charge >= 0.3 is 0 Å². The van der Waals surface area contributed by atoms with Crippen LogP contribution in [0.2, 0.25) is 0 Å². The Labute approximate surface area is 175 Å². The van der Waals surface area contributed by atoms with E-state index in [4.69, 9.17) is 0 Å². The lowest BCUT2D eigenvalue weighted by atomic mass is 9.85. The molecule has 0 spiro atoms. The summed E-state index contributed by atoms with van der Waals surface area (Å²) in [6.45, 7) is 6.89. The van der Waals surface area contributed by atoms with Crippen LogP contribution in [-0.4, -0.2) is 9.73 Å². The topological polar surface area (TPSA) is 24.3 Å². The van der Waals surface area contributed by atoms with E-state index in [0.29, 0.717) is 0 Å². The highest BCUT2D eigenvalue weighted by molar-refractivity contribution is 7.99. The van der Waals surface area contributed by atoms with E-state index < -0.39 is 0 Å². The molecule has 5 rings (SSSR count). The van der Waals surface area contributed by atoms with Crippen LogP contribution in [0.5, 0.6) is 0 Å². The third kappa shape index (κ3) is 3.04. The first-order chi connectivity index (χ1) is 14.0. The second-order valence-corrected chi connectivity index (χ2v) is 9.37. The molecule has 144 valence electrons. The minimum Gasteiger partial charge on any atom is -0.164 e. The van der Waals surface area contributed by atoms with Crippen molar-refractivity contribution in [3.8, 4) is 11.3 Å². The normalized spacial score (nSPS) is 12.1. The summed E-state index contributed by atoms with van der Waals surface area (Å²) in [6, 6.07) is 29.8. The van der Waals surface area contributed by atoms with Gasteiger partial charge in [0, 0.05) is 16.0 Å². The molecule has 0 bridgehead atoms. The molecule has 4 heteroatoms. The van der Waals surface area contributed by atoms with Crippen LogP contribution in [0.4, 0.5) is 0 Å². The van der Waals surface area contributed by atoms with Gasteiger partial charge in [-0.15, -0.1) is 4.52 Å². The molecule has 5 aromatic rings. The molecule has 0 amide bonds. The molecule has 0 fully saturated rings. The summed E-state index contributed by atoms with van der Waals surface area (Å²) in [4.78, 5) is 1.23. The first kappa shape index (κ1) is 18.1. The molecule has 0 aliphatic carbocycles. The predicted molar refractivity (Wildman–Crippen MR) is 120 cm³/mol. The van der Waals surface area contributed by atoms with E-state index in [-0.39, 0.29) is 5.41 Å². The van der Waals surface area contributed by atoms with Crippen LogP contribution >= 0.6 is 11.8 Å². The van der Waals surface area contributed by atoms with Gasteiger partial charge in [-0.1, -0.05) is 93.2 Å². The molecular formula is C25H24N3S+. The van der Waals surface area contributed by atoms with Crippen molar-refractivity contribution in [2.75, 3.05) is 0 Å². The zero-order chi connectivity index (χ0) is 20.0. The van der Waals surface area contributed by atoms with E-state index in [2.05, 4.69) is 120 Å². The Morgan fingerprint density at radius 1 is 0.793 bits per heavy atom. The number of para-hydroxylation sites is 2. The van der Waals surface area contributed by atoms with Crippen LogP contribution in [0.3, 0.4) is 0 Å².